The molecule has 1 N–H and O–H groups in total. The summed E-state index contributed by atoms with van der Waals surface area (Å²) in [6, 6.07) is 0. The lowest BCUT2D eigenvalue weighted by molar-refractivity contribution is -0.890. The molecule has 4 nitrogen and oxygen atoms in total. The first-order valence-electron chi connectivity index (χ1n) is 5.26. The van der Waals surface area contributed by atoms with E-state index in [1.54, 1.807) is 6.92 Å². The highest BCUT2D eigenvalue weighted by molar-refractivity contribution is 5.86. The monoisotopic (exact) mass is 228 g/mol. The van der Waals surface area contributed by atoms with Gasteiger partial charge in [-0.15, -0.1) is 0 Å². The molecule has 0 bridgehead atoms. The number of hydrogen-bond acceptors (Lipinski definition) is 3. The zero-order valence-corrected chi connectivity index (χ0v) is 10.5. The molecule has 0 heterocycles. The van der Waals surface area contributed by atoms with E-state index in [-0.39, 0.29) is 11.7 Å². The van der Waals surface area contributed by atoms with Crippen molar-refractivity contribution in [2.45, 2.75) is 13.3 Å². The van der Waals surface area contributed by atoms with Gasteiger partial charge >= 0.3 is 5.97 Å². The fourth-order valence-electron chi connectivity index (χ4n) is 1.05. The standard InChI is InChI=1S/C12H21NO3/c1-10(2)12(15)16-9-8-13(4,5)7-6-11(3)14/h1,3,6-9H2,2,4-5H3/p+1. The number of carbonyl (C=O) groups excluding carboxylic acids is 1. The number of quaternary nitrogens is 1. The normalized spacial score (nSPS) is 10.9. The molecule has 0 aliphatic rings. The van der Waals surface area contributed by atoms with Crippen molar-refractivity contribution < 1.29 is 19.1 Å². The van der Waals surface area contributed by atoms with Gasteiger partial charge in [0.25, 0.3) is 0 Å². The van der Waals surface area contributed by atoms with E-state index in [2.05, 4.69) is 13.2 Å². The van der Waals surface area contributed by atoms with Crippen LogP contribution in [0, 0.1) is 0 Å². The minimum Gasteiger partial charge on any atom is -0.513 e. The second-order valence-corrected chi connectivity index (χ2v) is 4.62. The van der Waals surface area contributed by atoms with Crippen LogP contribution in [0.1, 0.15) is 13.3 Å². The minimum absolute atomic E-state index is 0.185. The van der Waals surface area contributed by atoms with Crippen molar-refractivity contribution in [2.24, 2.45) is 0 Å². The van der Waals surface area contributed by atoms with Crippen molar-refractivity contribution in [1.29, 1.82) is 0 Å². The van der Waals surface area contributed by atoms with Crippen LogP contribution in [0.4, 0.5) is 0 Å². The quantitative estimate of drug-likeness (QED) is 0.312. The van der Waals surface area contributed by atoms with Gasteiger partial charge < -0.3 is 14.3 Å². The predicted molar refractivity (Wildman–Crippen MR) is 64.0 cm³/mol. The van der Waals surface area contributed by atoms with Crippen molar-refractivity contribution in [1.82, 2.24) is 0 Å². The molecule has 0 spiro atoms. The summed E-state index contributed by atoms with van der Waals surface area (Å²) in [5.41, 5.74) is 0.411. The summed E-state index contributed by atoms with van der Waals surface area (Å²) < 4.78 is 5.68. The van der Waals surface area contributed by atoms with Crippen molar-refractivity contribution in [3.05, 3.63) is 24.5 Å². The molecule has 0 saturated carbocycles. The van der Waals surface area contributed by atoms with Crippen molar-refractivity contribution in [3.63, 3.8) is 0 Å². The molecule has 0 aromatic carbocycles. The number of aliphatic hydroxyl groups is 1. The third-order valence-corrected chi connectivity index (χ3v) is 2.28. The van der Waals surface area contributed by atoms with E-state index in [9.17, 15) is 4.79 Å². The molecule has 0 unspecified atom stereocenters. The van der Waals surface area contributed by atoms with Crippen LogP contribution in [-0.2, 0) is 9.53 Å². The Kier molecular flexibility index (Phi) is 5.82. The van der Waals surface area contributed by atoms with Crippen LogP contribution in [0.15, 0.2) is 24.5 Å². The Bertz CT molecular complexity index is 282. The lowest BCUT2D eigenvalue weighted by Crippen LogP contribution is -2.43. The Morgan fingerprint density at radius 2 is 1.88 bits per heavy atom. The maximum Gasteiger partial charge on any atom is 0.333 e. The average molecular weight is 228 g/mol. The van der Waals surface area contributed by atoms with E-state index in [1.165, 1.54) is 0 Å². The van der Waals surface area contributed by atoms with Crippen molar-refractivity contribution in [2.75, 3.05) is 33.8 Å². The van der Waals surface area contributed by atoms with Gasteiger partial charge in [0.05, 0.1) is 32.8 Å². The van der Waals surface area contributed by atoms with Crippen molar-refractivity contribution >= 4 is 5.97 Å². The van der Waals surface area contributed by atoms with Gasteiger partial charge in [0.1, 0.15) is 13.2 Å². The van der Waals surface area contributed by atoms with Gasteiger partial charge in [-0.05, 0) is 6.92 Å². The summed E-state index contributed by atoms with van der Waals surface area (Å²) >= 11 is 0. The van der Waals surface area contributed by atoms with E-state index >= 15 is 0 Å². The van der Waals surface area contributed by atoms with Crippen LogP contribution in [0.2, 0.25) is 0 Å². The van der Waals surface area contributed by atoms with Gasteiger partial charge in [0.15, 0.2) is 0 Å². The minimum atomic E-state index is -0.355. The Morgan fingerprint density at radius 1 is 1.31 bits per heavy atom. The van der Waals surface area contributed by atoms with E-state index in [4.69, 9.17) is 9.84 Å². The van der Waals surface area contributed by atoms with Crippen molar-refractivity contribution in [3.8, 4) is 0 Å². The fourth-order valence-corrected chi connectivity index (χ4v) is 1.05. The van der Waals surface area contributed by atoms with Gasteiger partial charge in [0.2, 0.25) is 0 Å². The van der Waals surface area contributed by atoms with Gasteiger partial charge in [-0.3, -0.25) is 0 Å². The van der Waals surface area contributed by atoms with Crippen LogP contribution < -0.4 is 0 Å². The SMILES string of the molecule is C=C(O)CC[N+](C)(C)CCOC(=O)C(=C)C. The summed E-state index contributed by atoms with van der Waals surface area (Å²) in [4.78, 5) is 11.1. The van der Waals surface area contributed by atoms with Crippen LogP contribution >= 0.6 is 0 Å². The highest BCUT2D eigenvalue weighted by atomic mass is 16.5. The first kappa shape index (κ1) is 14.7. The molecular formula is C12H22NO3+. The predicted octanol–water partition coefficient (Wildman–Crippen LogP) is 1.64. The van der Waals surface area contributed by atoms with E-state index < -0.39 is 0 Å². The molecule has 0 aliphatic heterocycles. The van der Waals surface area contributed by atoms with Crippen LogP contribution in [0.25, 0.3) is 0 Å². The van der Waals surface area contributed by atoms with Crippen LogP contribution in [0.3, 0.4) is 0 Å². The maximum atomic E-state index is 11.1. The van der Waals surface area contributed by atoms with Crippen LogP contribution in [-0.4, -0.2) is 49.4 Å². The first-order chi connectivity index (χ1) is 7.24. The molecule has 0 aliphatic carbocycles. The first-order valence-corrected chi connectivity index (χ1v) is 5.26. The molecule has 0 fully saturated rings. The van der Waals surface area contributed by atoms with E-state index in [0.29, 0.717) is 29.6 Å². The van der Waals surface area contributed by atoms with E-state index in [1.807, 2.05) is 14.1 Å². The molecular weight excluding hydrogens is 206 g/mol. The largest absolute Gasteiger partial charge is 0.513 e. The molecule has 0 aromatic heterocycles. The summed E-state index contributed by atoms with van der Waals surface area (Å²) in [5.74, 6) is -0.170. The highest BCUT2D eigenvalue weighted by Crippen LogP contribution is 2.03. The van der Waals surface area contributed by atoms with E-state index in [0.717, 1.165) is 6.54 Å². The Hall–Kier alpha value is -1.29. The smallest absolute Gasteiger partial charge is 0.333 e. The molecule has 0 amide bonds. The Morgan fingerprint density at radius 3 is 2.31 bits per heavy atom. The maximum absolute atomic E-state index is 11.1. The molecule has 4 heteroatoms. The molecule has 0 radical (unpaired) electrons. The second-order valence-electron chi connectivity index (χ2n) is 4.62. The number of hydrogen-bond donors (Lipinski definition) is 1. The molecule has 16 heavy (non-hydrogen) atoms. The zero-order valence-electron chi connectivity index (χ0n) is 10.5. The number of esters is 1. The topological polar surface area (TPSA) is 46.5 Å². The van der Waals surface area contributed by atoms with Gasteiger partial charge in [-0.25, -0.2) is 4.79 Å². The van der Waals surface area contributed by atoms with Gasteiger partial charge in [-0.2, -0.15) is 0 Å². The lowest BCUT2D eigenvalue weighted by atomic mass is 10.3. The fraction of sp³-hybridized carbons (Fsp3) is 0.583. The Balaban J connectivity index is 3.86. The third kappa shape index (κ3) is 7.06. The summed E-state index contributed by atoms with van der Waals surface area (Å²) in [7, 11) is 4.02. The summed E-state index contributed by atoms with van der Waals surface area (Å²) in [6.07, 6.45) is 0.557. The highest BCUT2D eigenvalue weighted by Gasteiger charge is 2.16. The zero-order chi connectivity index (χ0) is 12.8. The number of rotatable bonds is 7. The second kappa shape index (κ2) is 6.33. The molecule has 0 aromatic rings. The number of nitrogens with zero attached hydrogens (tertiary/aromatic N) is 1. The Labute approximate surface area is 97.4 Å². The number of likely N-dealkylation sites (N-methyl/N-ethyl adjacent to an activating group) is 1. The molecule has 92 valence electrons. The summed E-state index contributed by atoms with van der Waals surface area (Å²) in [6.45, 7) is 10.4. The average Bonchev–Trinajstić information content (AvgIpc) is 2.14. The van der Waals surface area contributed by atoms with Gasteiger partial charge in [0, 0.05) is 5.57 Å². The molecule has 0 rings (SSSR count). The van der Waals surface area contributed by atoms with Gasteiger partial charge in [-0.1, -0.05) is 13.2 Å². The third-order valence-electron chi connectivity index (χ3n) is 2.28. The molecule has 0 saturated heterocycles. The molecule has 0 atom stereocenters. The number of carbonyl (C=O) groups is 1. The lowest BCUT2D eigenvalue weighted by Gasteiger charge is -2.29. The summed E-state index contributed by atoms with van der Waals surface area (Å²) in [5, 5.41) is 9.00. The number of ether oxygens (including phenoxy) is 1. The number of aliphatic hydroxyl groups excluding tert-OH is 1. The van der Waals surface area contributed by atoms with Crippen LogP contribution in [0.5, 0.6) is 0 Å².